The average Bonchev–Trinajstić information content (AvgIpc) is 3.00. The fraction of sp³-hybridized carbons (Fsp3) is 1.00. The standard InChI is InChI=1S/C15H30N2/c1-4-13(2)14(16-3)15(9-5-6-10-15)17-11-7-8-12-17/h13-14,16H,4-12H2,1-3H3. The zero-order valence-corrected chi connectivity index (χ0v) is 12.0. The summed E-state index contributed by atoms with van der Waals surface area (Å²) in [6.07, 6.45) is 9.83. The third kappa shape index (κ3) is 2.39. The lowest BCUT2D eigenvalue weighted by atomic mass is 9.78. The Bertz CT molecular complexity index is 227. The first kappa shape index (κ1) is 13.4. The molecule has 2 atom stereocenters. The highest BCUT2D eigenvalue weighted by molar-refractivity contribution is 5.05. The Morgan fingerprint density at radius 1 is 1.12 bits per heavy atom. The number of rotatable bonds is 5. The predicted molar refractivity (Wildman–Crippen MR) is 74.3 cm³/mol. The van der Waals surface area contributed by atoms with Gasteiger partial charge in [0.15, 0.2) is 0 Å². The lowest BCUT2D eigenvalue weighted by Gasteiger charge is -2.47. The molecule has 1 saturated heterocycles. The number of hydrogen-bond donors (Lipinski definition) is 1. The maximum absolute atomic E-state index is 3.67. The largest absolute Gasteiger partial charge is 0.315 e. The number of hydrogen-bond acceptors (Lipinski definition) is 2. The summed E-state index contributed by atoms with van der Waals surface area (Å²) in [5.41, 5.74) is 0.487. The quantitative estimate of drug-likeness (QED) is 0.792. The van der Waals surface area contributed by atoms with E-state index < -0.39 is 0 Å². The van der Waals surface area contributed by atoms with E-state index in [9.17, 15) is 0 Å². The van der Waals surface area contributed by atoms with Crippen molar-refractivity contribution in [1.82, 2.24) is 10.2 Å². The van der Waals surface area contributed by atoms with Crippen molar-refractivity contribution >= 4 is 0 Å². The molecule has 1 aliphatic carbocycles. The van der Waals surface area contributed by atoms with Crippen LogP contribution in [0.4, 0.5) is 0 Å². The molecule has 1 N–H and O–H groups in total. The van der Waals surface area contributed by atoms with Gasteiger partial charge in [0.05, 0.1) is 0 Å². The van der Waals surface area contributed by atoms with Gasteiger partial charge >= 0.3 is 0 Å². The first-order valence-corrected chi connectivity index (χ1v) is 7.67. The Morgan fingerprint density at radius 2 is 1.71 bits per heavy atom. The molecule has 1 heterocycles. The Kier molecular flexibility index (Phi) is 4.48. The molecule has 2 aliphatic rings. The van der Waals surface area contributed by atoms with E-state index in [0.29, 0.717) is 11.6 Å². The molecule has 0 aromatic heterocycles. The second kappa shape index (κ2) is 5.71. The van der Waals surface area contributed by atoms with E-state index in [1.807, 2.05) is 0 Å². The van der Waals surface area contributed by atoms with Gasteiger partial charge in [0.1, 0.15) is 0 Å². The van der Waals surface area contributed by atoms with Gasteiger partial charge in [-0.3, -0.25) is 4.90 Å². The fourth-order valence-corrected chi connectivity index (χ4v) is 4.29. The number of nitrogens with zero attached hydrogens (tertiary/aromatic N) is 1. The van der Waals surface area contributed by atoms with Crippen LogP contribution in [-0.4, -0.2) is 36.6 Å². The molecule has 0 bridgehead atoms. The lowest BCUT2D eigenvalue weighted by molar-refractivity contribution is 0.0564. The molecule has 2 nitrogen and oxygen atoms in total. The Labute approximate surface area is 107 Å². The Balaban J connectivity index is 2.19. The van der Waals surface area contributed by atoms with Crippen LogP contribution in [0.1, 0.15) is 58.8 Å². The minimum atomic E-state index is 0.487. The van der Waals surface area contributed by atoms with Crippen LogP contribution in [0.3, 0.4) is 0 Å². The van der Waals surface area contributed by atoms with E-state index in [2.05, 4.69) is 31.1 Å². The highest BCUT2D eigenvalue weighted by atomic mass is 15.2. The van der Waals surface area contributed by atoms with Crippen LogP contribution in [0.5, 0.6) is 0 Å². The van der Waals surface area contributed by atoms with Crippen LogP contribution >= 0.6 is 0 Å². The van der Waals surface area contributed by atoms with E-state index in [0.717, 1.165) is 5.92 Å². The highest BCUT2D eigenvalue weighted by Crippen LogP contribution is 2.42. The molecular weight excluding hydrogens is 208 g/mol. The molecule has 2 fully saturated rings. The molecule has 2 unspecified atom stereocenters. The molecule has 100 valence electrons. The average molecular weight is 238 g/mol. The van der Waals surface area contributed by atoms with Crippen LogP contribution in [0.2, 0.25) is 0 Å². The molecule has 0 amide bonds. The zero-order valence-electron chi connectivity index (χ0n) is 12.0. The van der Waals surface area contributed by atoms with Gasteiger partial charge in [0.25, 0.3) is 0 Å². The molecule has 2 heteroatoms. The van der Waals surface area contributed by atoms with Crippen molar-refractivity contribution in [3.05, 3.63) is 0 Å². The first-order chi connectivity index (χ1) is 8.24. The summed E-state index contributed by atoms with van der Waals surface area (Å²) < 4.78 is 0. The van der Waals surface area contributed by atoms with Crippen LogP contribution in [0.25, 0.3) is 0 Å². The van der Waals surface area contributed by atoms with Gasteiger partial charge in [-0.2, -0.15) is 0 Å². The van der Waals surface area contributed by atoms with E-state index in [1.165, 1.54) is 58.0 Å². The third-order valence-electron chi connectivity index (χ3n) is 5.31. The number of likely N-dealkylation sites (tertiary alicyclic amines) is 1. The van der Waals surface area contributed by atoms with Gasteiger partial charge in [0, 0.05) is 11.6 Å². The molecule has 0 aromatic carbocycles. The van der Waals surface area contributed by atoms with E-state index in [-0.39, 0.29) is 0 Å². The smallest absolute Gasteiger partial charge is 0.0365 e. The minimum Gasteiger partial charge on any atom is -0.315 e. The zero-order chi connectivity index (χ0) is 12.3. The van der Waals surface area contributed by atoms with Gasteiger partial charge in [-0.05, 0) is 51.7 Å². The van der Waals surface area contributed by atoms with E-state index in [4.69, 9.17) is 0 Å². The van der Waals surface area contributed by atoms with Gasteiger partial charge in [-0.1, -0.05) is 33.1 Å². The SMILES string of the molecule is CCC(C)C(NC)C1(N2CCCC2)CCCC1. The van der Waals surface area contributed by atoms with E-state index >= 15 is 0 Å². The van der Waals surface area contributed by atoms with Crippen LogP contribution in [0.15, 0.2) is 0 Å². The first-order valence-electron chi connectivity index (χ1n) is 7.67. The van der Waals surface area contributed by atoms with Crippen LogP contribution in [-0.2, 0) is 0 Å². The summed E-state index contributed by atoms with van der Waals surface area (Å²) in [4.78, 5) is 2.83. The van der Waals surface area contributed by atoms with Crippen LogP contribution in [0, 0.1) is 5.92 Å². The van der Waals surface area contributed by atoms with Crippen molar-refractivity contribution < 1.29 is 0 Å². The van der Waals surface area contributed by atoms with Gasteiger partial charge in [-0.15, -0.1) is 0 Å². The molecule has 0 aromatic rings. The lowest BCUT2D eigenvalue weighted by Crippen LogP contribution is -2.60. The molecule has 0 spiro atoms. The predicted octanol–water partition coefficient (Wildman–Crippen LogP) is 3.03. The normalized spacial score (nSPS) is 28.4. The summed E-state index contributed by atoms with van der Waals surface area (Å²) in [7, 11) is 2.17. The fourth-order valence-electron chi connectivity index (χ4n) is 4.29. The van der Waals surface area contributed by atoms with Gasteiger partial charge in [-0.25, -0.2) is 0 Å². The second-order valence-electron chi connectivity index (χ2n) is 6.16. The van der Waals surface area contributed by atoms with Crippen molar-refractivity contribution in [1.29, 1.82) is 0 Å². The second-order valence-corrected chi connectivity index (χ2v) is 6.16. The molecule has 2 rings (SSSR count). The molecule has 1 aliphatic heterocycles. The molecule has 17 heavy (non-hydrogen) atoms. The molecule has 1 saturated carbocycles. The monoisotopic (exact) mass is 238 g/mol. The summed E-state index contributed by atoms with van der Waals surface area (Å²) in [6, 6.07) is 0.688. The summed E-state index contributed by atoms with van der Waals surface area (Å²) in [5.74, 6) is 0.790. The number of likely N-dealkylation sites (N-methyl/N-ethyl adjacent to an activating group) is 1. The van der Waals surface area contributed by atoms with Crippen molar-refractivity contribution in [3.63, 3.8) is 0 Å². The van der Waals surface area contributed by atoms with Crippen molar-refractivity contribution in [2.75, 3.05) is 20.1 Å². The Morgan fingerprint density at radius 3 is 2.18 bits per heavy atom. The van der Waals surface area contributed by atoms with Crippen molar-refractivity contribution in [2.24, 2.45) is 5.92 Å². The van der Waals surface area contributed by atoms with Gasteiger partial charge in [0.2, 0.25) is 0 Å². The maximum atomic E-state index is 3.67. The Hall–Kier alpha value is -0.0800. The molecular formula is C15H30N2. The minimum absolute atomic E-state index is 0.487. The summed E-state index contributed by atoms with van der Waals surface area (Å²) in [6.45, 7) is 7.45. The third-order valence-corrected chi connectivity index (χ3v) is 5.31. The van der Waals surface area contributed by atoms with Crippen LogP contribution < -0.4 is 5.32 Å². The van der Waals surface area contributed by atoms with Gasteiger partial charge < -0.3 is 5.32 Å². The summed E-state index contributed by atoms with van der Waals surface area (Å²) >= 11 is 0. The van der Waals surface area contributed by atoms with Crippen molar-refractivity contribution in [2.45, 2.75) is 70.4 Å². The number of nitrogens with one attached hydrogen (secondary N) is 1. The topological polar surface area (TPSA) is 15.3 Å². The molecule has 0 radical (unpaired) electrons. The maximum Gasteiger partial charge on any atom is 0.0365 e. The van der Waals surface area contributed by atoms with E-state index in [1.54, 1.807) is 0 Å². The summed E-state index contributed by atoms with van der Waals surface area (Å²) in [5, 5.41) is 3.67. The van der Waals surface area contributed by atoms with Crippen molar-refractivity contribution in [3.8, 4) is 0 Å². The highest BCUT2D eigenvalue weighted by Gasteiger charge is 2.47.